The first-order valence-electron chi connectivity index (χ1n) is 6.83. The first-order chi connectivity index (χ1) is 8.88. The third-order valence-corrected chi connectivity index (χ3v) is 2.68. The fraction of sp³-hybridized carbons (Fsp3) is 0.769. The molecule has 19 heavy (non-hydrogen) atoms. The first-order valence-corrected chi connectivity index (χ1v) is 6.83. The lowest BCUT2D eigenvalue weighted by molar-refractivity contribution is 0.506. The summed E-state index contributed by atoms with van der Waals surface area (Å²) in [4.78, 5) is 15.1. The largest absolute Gasteiger partial charge is 0.354 e. The molecule has 0 aromatic carbocycles. The maximum Gasteiger partial charge on any atom is 0.231 e. The lowest BCUT2D eigenvalue weighted by atomic mass is 9.99. The summed E-state index contributed by atoms with van der Waals surface area (Å²) in [5.74, 6) is 1.88. The quantitative estimate of drug-likeness (QED) is 0.790. The molecule has 1 aromatic rings. The van der Waals surface area contributed by atoms with Gasteiger partial charge in [-0.15, -0.1) is 0 Å². The van der Waals surface area contributed by atoms with Crippen LogP contribution in [0.1, 0.15) is 40.5 Å². The van der Waals surface area contributed by atoms with E-state index in [9.17, 15) is 0 Å². The van der Waals surface area contributed by atoms with Crippen molar-refractivity contribution < 1.29 is 0 Å². The minimum Gasteiger partial charge on any atom is -0.354 e. The molecule has 1 rings (SSSR count). The van der Waals surface area contributed by atoms with E-state index in [1.165, 1.54) is 0 Å². The van der Waals surface area contributed by atoms with E-state index in [0.29, 0.717) is 17.8 Å². The third kappa shape index (κ3) is 4.89. The smallest absolute Gasteiger partial charge is 0.231 e. The lowest BCUT2D eigenvalue weighted by Crippen LogP contribution is -2.32. The van der Waals surface area contributed by atoms with Crippen LogP contribution in [0.4, 0.5) is 17.8 Å². The van der Waals surface area contributed by atoms with E-state index in [4.69, 9.17) is 0 Å². The fourth-order valence-corrected chi connectivity index (χ4v) is 1.85. The molecular formula is C13H26N6. The van der Waals surface area contributed by atoms with Crippen molar-refractivity contribution in [1.82, 2.24) is 15.0 Å². The second-order valence-corrected chi connectivity index (χ2v) is 5.47. The average molecular weight is 266 g/mol. The van der Waals surface area contributed by atoms with Gasteiger partial charge in [-0.05, 0) is 27.2 Å². The standard InChI is InChI=1S/C13H26N6/c1-7-9-13(3,4)18-11-15-10(14-8-2)16-12(17-11)19(5)6/h7-9H2,1-6H3,(H2,14,15,16,17,18). The van der Waals surface area contributed by atoms with Gasteiger partial charge in [0.05, 0.1) is 0 Å². The Morgan fingerprint density at radius 2 is 1.68 bits per heavy atom. The normalized spacial score (nSPS) is 11.3. The minimum absolute atomic E-state index is 0.0246. The van der Waals surface area contributed by atoms with Gasteiger partial charge < -0.3 is 15.5 Å². The van der Waals surface area contributed by atoms with Gasteiger partial charge >= 0.3 is 0 Å². The van der Waals surface area contributed by atoms with E-state index >= 15 is 0 Å². The van der Waals surface area contributed by atoms with Crippen LogP contribution in [-0.2, 0) is 0 Å². The van der Waals surface area contributed by atoms with Crippen LogP contribution in [0.15, 0.2) is 0 Å². The molecule has 0 saturated carbocycles. The second-order valence-electron chi connectivity index (χ2n) is 5.47. The highest BCUT2D eigenvalue weighted by atomic mass is 15.3. The molecule has 1 aromatic heterocycles. The van der Waals surface area contributed by atoms with Gasteiger partial charge in [0, 0.05) is 26.2 Å². The highest BCUT2D eigenvalue weighted by molar-refractivity contribution is 5.43. The Bertz CT molecular complexity index is 402. The van der Waals surface area contributed by atoms with E-state index < -0.39 is 0 Å². The van der Waals surface area contributed by atoms with Crippen molar-refractivity contribution in [3.05, 3.63) is 0 Å². The summed E-state index contributed by atoms with van der Waals surface area (Å²) < 4.78 is 0. The molecule has 0 bridgehead atoms. The number of nitrogens with one attached hydrogen (secondary N) is 2. The van der Waals surface area contributed by atoms with Crippen LogP contribution in [-0.4, -0.2) is 41.1 Å². The summed E-state index contributed by atoms with van der Waals surface area (Å²) in [7, 11) is 3.85. The third-order valence-electron chi connectivity index (χ3n) is 2.68. The molecule has 108 valence electrons. The highest BCUT2D eigenvalue weighted by Crippen LogP contribution is 2.19. The molecule has 0 amide bonds. The predicted octanol–water partition coefficient (Wildman–Crippen LogP) is 2.36. The van der Waals surface area contributed by atoms with E-state index in [-0.39, 0.29) is 5.54 Å². The van der Waals surface area contributed by atoms with Crippen molar-refractivity contribution in [3.63, 3.8) is 0 Å². The lowest BCUT2D eigenvalue weighted by Gasteiger charge is -2.26. The molecule has 0 unspecified atom stereocenters. The van der Waals surface area contributed by atoms with Gasteiger partial charge in [0.1, 0.15) is 0 Å². The van der Waals surface area contributed by atoms with Gasteiger partial charge in [-0.3, -0.25) is 0 Å². The Morgan fingerprint density at radius 1 is 1.05 bits per heavy atom. The molecule has 0 aliphatic carbocycles. The number of nitrogens with zero attached hydrogens (tertiary/aromatic N) is 4. The van der Waals surface area contributed by atoms with Crippen LogP contribution in [0.2, 0.25) is 0 Å². The highest BCUT2D eigenvalue weighted by Gasteiger charge is 2.18. The predicted molar refractivity (Wildman–Crippen MR) is 80.9 cm³/mol. The van der Waals surface area contributed by atoms with Crippen molar-refractivity contribution in [2.24, 2.45) is 0 Å². The number of hydrogen-bond acceptors (Lipinski definition) is 6. The molecule has 1 heterocycles. The molecule has 2 N–H and O–H groups in total. The van der Waals surface area contributed by atoms with Crippen molar-refractivity contribution in [2.45, 2.75) is 46.1 Å². The number of anilines is 3. The number of hydrogen-bond donors (Lipinski definition) is 2. The summed E-state index contributed by atoms with van der Waals surface area (Å²) in [6.45, 7) is 9.29. The van der Waals surface area contributed by atoms with E-state index in [1.807, 2.05) is 25.9 Å². The van der Waals surface area contributed by atoms with E-state index in [2.05, 4.69) is 46.4 Å². The first kappa shape index (κ1) is 15.5. The molecule has 0 spiro atoms. The summed E-state index contributed by atoms with van der Waals surface area (Å²) >= 11 is 0. The Labute approximate surface area is 116 Å². The van der Waals surface area contributed by atoms with Gasteiger partial charge in [0.25, 0.3) is 0 Å². The Hall–Kier alpha value is -1.59. The Balaban J connectivity index is 2.98. The van der Waals surface area contributed by atoms with Crippen LogP contribution in [0.3, 0.4) is 0 Å². The zero-order chi connectivity index (χ0) is 14.5. The molecule has 0 atom stereocenters. The van der Waals surface area contributed by atoms with Crippen LogP contribution < -0.4 is 15.5 Å². The van der Waals surface area contributed by atoms with Gasteiger partial charge in [0.15, 0.2) is 0 Å². The Morgan fingerprint density at radius 3 is 2.21 bits per heavy atom. The zero-order valence-corrected chi connectivity index (χ0v) is 12.9. The van der Waals surface area contributed by atoms with Gasteiger partial charge in [-0.2, -0.15) is 15.0 Å². The molecule has 6 heteroatoms. The van der Waals surface area contributed by atoms with Crippen molar-refractivity contribution in [3.8, 4) is 0 Å². The molecule has 0 saturated heterocycles. The topological polar surface area (TPSA) is 66.0 Å². The summed E-state index contributed by atoms with van der Waals surface area (Å²) in [5, 5.41) is 6.52. The van der Waals surface area contributed by atoms with Gasteiger partial charge in [-0.25, -0.2) is 0 Å². The van der Waals surface area contributed by atoms with Gasteiger partial charge in [-0.1, -0.05) is 13.3 Å². The van der Waals surface area contributed by atoms with Crippen LogP contribution in [0.5, 0.6) is 0 Å². The molecule has 0 aliphatic heterocycles. The molecule has 6 nitrogen and oxygen atoms in total. The zero-order valence-electron chi connectivity index (χ0n) is 12.9. The second kappa shape index (κ2) is 6.54. The fourth-order valence-electron chi connectivity index (χ4n) is 1.85. The molecule has 0 radical (unpaired) electrons. The molecule has 0 fully saturated rings. The summed E-state index contributed by atoms with van der Waals surface area (Å²) in [6, 6.07) is 0. The summed E-state index contributed by atoms with van der Waals surface area (Å²) in [5.41, 5.74) is -0.0246. The van der Waals surface area contributed by atoms with E-state index in [1.54, 1.807) is 0 Å². The summed E-state index contributed by atoms with van der Waals surface area (Å²) in [6.07, 6.45) is 2.18. The molecular weight excluding hydrogens is 240 g/mol. The number of rotatable bonds is 7. The van der Waals surface area contributed by atoms with Crippen LogP contribution in [0.25, 0.3) is 0 Å². The minimum atomic E-state index is -0.0246. The maximum absolute atomic E-state index is 4.44. The maximum atomic E-state index is 4.44. The Kier molecular flexibility index (Phi) is 5.32. The van der Waals surface area contributed by atoms with Crippen molar-refractivity contribution in [1.29, 1.82) is 0 Å². The van der Waals surface area contributed by atoms with Gasteiger partial charge in [0.2, 0.25) is 17.8 Å². The van der Waals surface area contributed by atoms with Crippen LogP contribution >= 0.6 is 0 Å². The van der Waals surface area contributed by atoms with Crippen molar-refractivity contribution in [2.75, 3.05) is 36.2 Å². The monoisotopic (exact) mass is 266 g/mol. The van der Waals surface area contributed by atoms with Crippen molar-refractivity contribution >= 4 is 17.8 Å². The SMILES string of the molecule is CCCC(C)(C)Nc1nc(NCC)nc(N(C)C)n1. The number of aromatic nitrogens is 3. The average Bonchev–Trinajstić information content (AvgIpc) is 2.27. The van der Waals surface area contributed by atoms with Crippen LogP contribution in [0, 0.1) is 0 Å². The molecule has 0 aliphatic rings. The van der Waals surface area contributed by atoms with E-state index in [0.717, 1.165) is 19.4 Å².